The minimum absolute atomic E-state index is 0.186. The highest BCUT2D eigenvalue weighted by molar-refractivity contribution is 5.70. The van der Waals surface area contributed by atoms with Crippen molar-refractivity contribution in [2.24, 2.45) is 5.41 Å². The molecule has 6 heteroatoms. The molecule has 2 saturated heterocycles. The molecule has 0 aromatic heterocycles. The number of hydrogen-bond acceptors (Lipinski definition) is 5. The number of carbonyl (C=O) groups is 1. The number of nitrogen functional groups attached to an aromatic ring is 1. The van der Waals surface area contributed by atoms with E-state index in [-0.39, 0.29) is 11.5 Å². The van der Waals surface area contributed by atoms with Crippen LogP contribution in [0.4, 0.5) is 16.2 Å². The van der Waals surface area contributed by atoms with Gasteiger partial charge < -0.3 is 25.0 Å². The topological polar surface area (TPSA) is 68.0 Å². The molecule has 2 heterocycles. The maximum absolute atomic E-state index is 12.1. The van der Waals surface area contributed by atoms with Crippen LogP contribution in [0.3, 0.4) is 0 Å². The molecule has 0 saturated carbocycles. The zero-order chi connectivity index (χ0) is 17.5. The lowest BCUT2D eigenvalue weighted by Crippen LogP contribution is -2.60. The Morgan fingerprint density at radius 1 is 1.25 bits per heavy atom. The van der Waals surface area contributed by atoms with Gasteiger partial charge in [-0.15, -0.1) is 0 Å². The standard InChI is InChI=1S/C18H27N3O3/c1-17(2,3)24-16(22)21-11-18(12-21)7-8-20(10-18)13-5-6-15(23-4)14(19)9-13/h5-6,9H,7-8,10-12,19H2,1-4H3. The molecule has 2 N–H and O–H groups in total. The summed E-state index contributed by atoms with van der Waals surface area (Å²) in [7, 11) is 1.62. The minimum Gasteiger partial charge on any atom is -0.495 e. The van der Waals surface area contributed by atoms with Crippen molar-refractivity contribution in [3.05, 3.63) is 18.2 Å². The van der Waals surface area contributed by atoms with E-state index in [1.54, 1.807) is 12.0 Å². The van der Waals surface area contributed by atoms with Crippen LogP contribution in [0.2, 0.25) is 0 Å². The van der Waals surface area contributed by atoms with Crippen molar-refractivity contribution in [1.82, 2.24) is 4.90 Å². The first-order chi connectivity index (χ1) is 11.2. The lowest BCUT2D eigenvalue weighted by atomic mass is 9.79. The van der Waals surface area contributed by atoms with Gasteiger partial charge in [-0.3, -0.25) is 0 Å². The van der Waals surface area contributed by atoms with Crippen LogP contribution in [0.25, 0.3) is 0 Å². The van der Waals surface area contributed by atoms with Gasteiger partial charge in [-0.1, -0.05) is 0 Å². The molecule has 0 aliphatic carbocycles. The van der Waals surface area contributed by atoms with Crippen LogP contribution in [-0.4, -0.2) is 49.9 Å². The second kappa shape index (κ2) is 5.76. The average Bonchev–Trinajstić information content (AvgIpc) is 2.89. The van der Waals surface area contributed by atoms with E-state index in [1.807, 2.05) is 39.0 Å². The van der Waals surface area contributed by atoms with Gasteiger partial charge in [0, 0.05) is 37.3 Å². The van der Waals surface area contributed by atoms with E-state index >= 15 is 0 Å². The van der Waals surface area contributed by atoms with Gasteiger partial charge in [-0.2, -0.15) is 0 Å². The quantitative estimate of drug-likeness (QED) is 0.843. The summed E-state index contributed by atoms with van der Waals surface area (Å²) in [4.78, 5) is 16.2. The van der Waals surface area contributed by atoms with Crippen LogP contribution >= 0.6 is 0 Å². The number of benzene rings is 1. The predicted molar refractivity (Wildman–Crippen MR) is 94.5 cm³/mol. The van der Waals surface area contributed by atoms with Gasteiger partial charge in [0.15, 0.2) is 0 Å². The third-order valence-electron chi connectivity index (χ3n) is 4.72. The Labute approximate surface area is 143 Å². The number of carbonyl (C=O) groups excluding carboxylic acids is 1. The highest BCUT2D eigenvalue weighted by Gasteiger charge is 2.50. The van der Waals surface area contributed by atoms with Gasteiger partial charge in [-0.05, 0) is 45.4 Å². The first-order valence-electron chi connectivity index (χ1n) is 8.38. The summed E-state index contributed by atoms with van der Waals surface area (Å²) < 4.78 is 10.7. The molecule has 132 valence electrons. The van der Waals surface area contributed by atoms with Gasteiger partial charge in [0.1, 0.15) is 11.4 Å². The molecule has 2 aliphatic rings. The van der Waals surface area contributed by atoms with Crippen molar-refractivity contribution in [1.29, 1.82) is 0 Å². The molecule has 1 spiro atoms. The molecule has 3 rings (SSSR count). The summed E-state index contributed by atoms with van der Waals surface area (Å²) in [6, 6.07) is 5.91. The molecule has 24 heavy (non-hydrogen) atoms. The van der Waals surface area contributed by atoms with Gasteiger partial charge in [-0.25, -0.2) is 4.79 Å². The molecule has 1 aromatic carbocycles. The average molecular weight is 333 g/mol. The molecular formula is C18H27N3O3. The maximum atomic E-state index is 12.1. The second-order valence-corrected chi connectivity index (χ2v) is 7.93. The molecular weight excluding hydrogens is 306 g/mol. The number of amides is 1. The Balaban J connectivity index is 1.59. The van der Waals surface area contributed by atoms with Crippen LogP contribution in [0.1, 0.15) is 27.2 Å². The van der Waals surface area contributed by atoms with Crippen LogP contribution in [0.15, 0.2) is 18.2 Å². The van der Waals surface area contributed by atoms with E-state index in [9.17, 15) is 4.79 Å². The number of ether oxygens (including phenoxy) is 2. The van der Waals surface area contributed by atoms with Crippen LogP contribution in [-0.2, 0) is 4.74 Å². The predicted octanol–water partition coefficient (Wildman–Crippen LogP) is 2.72. The molecule has 6 nitrogen and oxygen atoms in total. The number of hydrogen-bond donors (Lipinski definition) is 1. The Kier molecular flexibility index (Phi) is 4.01. The number of nitrogens with zero attached hydrogens (tertiary/aromatic N) is 2. The Morgan fingerprint density at radius 2 is 1.96 bits per heavy atom. The highest BCUT2D eigenvalue weighted by atomic mass is 16.6. The number of rotatable bonds is 2. The fraction of sp³-hybridized carbons (Fsp3) is 0.611. The van der Waals surface area contributed by atoms with Gasteiger partial charge >= 0.3 is 6.09 Å². The summed E-state index contributed by atoms with van der Waals surface area (Å²) in [6.07, 6.45) is 0.873. The van der Waals surface area contributed by atoms with E-state index in [1.165, 1.54) is 0 Å². The third-order valence-corrected chi connectivity index (χ3v) is 4.72. The van der Waals surface area contributed by atoms with Crippen molar-refractivity contribution in [2.45, 2.75) is 32.8 Å². The molecule has 2 fully saturated rings. The molecule has 1 amide bonds. The van der Waals surface area contributed by atoms with Crippen molar-refractivity contribution in [2.75, 3.05) is 43.9 Å². The largest absolute Gasteiger partial charge is 0.495 e. The van der Waals surface area contributed by atoms with E-state index in [2.05, 4.69) is 4.90 Å². The smallest absolute Gasteiger partial charge is 0.410 e. The lowest BCUT2D eigenvalue weighted by Gasteiger charge is -2.47. The van der Waals surface area contributed by atoms with Crippen molar-refractivity contribution < 1.29 is 14.3 Å². The van der Waals surface area contributed by atoms with Crippen LogP contribution in [0.5, 0.6) is 5.75 Å². The van der Waals surface area contributed by atoms with Crippen LogP contribution < -0.4 is 15.4 Å². The van der Waals surface area contributed by atoms with Gasteiger partial charge in [0.25, 0.3) is 0 Å². The monoisotopic (exact) mass is 333 g/mol. The zero-order valence-corrected chi connectivity index (χ0v) is 15.0. The fourth-order valence-electron chi connectivity index (χ4n) is 3.55. The van der Waals surface area contributed by atoms with Crippen LogP contribution in [0, 0.1) is 5.41 Å². The maximum Gasteiger partial charge on any atom is 0.410 e. The van der Waals surface area contributed by atoms with Gasteiger partial charge in [0.05, 0.1) is 12.8 Å². The number of likely N-dealkylation sites (tertiary alicyclic amines) is 1. The lowest BCUT2D eigenvalue weighted by molar-refractivity contribution is -0.0266. The minimum atomic E-state index is -0.442. The number of nitrogens with two attached hydrogens (primary N) is 1. The molecule has 0 unspecified atom stereocenters. The zero-order valence-electron chi connectivity index (χ0n) is 15.0. The number of methoxy groups -OCH3 is 1. The Hall–Kier alpha value is -2.11. The summed E-state index contributed by atoms with van der Waals surface area (Å²) in [6.45, 7) is 9.14. The van der Waals surface area contributed by atoms with E-state index < -0.39 is 5.60 Å². The second-order valence-electron chi connectivity index (χ2n) is 7.93. The van der Waals surface area contributed by atoms with E-state index in [0.29, 0.717) is 11.4 Å². The molecule has 2 aliphatic heterocycles. The fourth-order valence-corrected chi connectivity index (χ4v) is 3.55. The Bertz CT molecular complexity index is 633. The third kappa shape index (κ3) is 3.23. The summed E-state index contributed by atoms with van der Waals surface area (Å²) in [5.41, 5.74) is 7.52. The molecule has 0 radical (unpaired) electrons. The Morgan fingerprint density at radius 3 is 2.54 bits per heavy atom. The summed E-state index contributed by atoms with van der Waals surface area (Å²) >= 11 is 0. The highest BCUT2D eigenvalue weighted by Crippen LogP contribution is 2.42. The number of anilines is 2. The summed E-state index contributed by atoms with van der Waals surface area (Å²) in [5.74, 6) is 0.701. The SMILES string of the molecule is COc1ccc(N2CCC3(CN(C(=O)OC(C)(C)C)C3)C2)cc1N. The molecule has 0 bridgehead atoms. The van der Waals surface area contributed by atoms with Crippen molar-refractivity contribution in [3.63, 3.8) is 0 Å². The first kappa shape index (κ1) is 16.7. The first-order valence-corrected chi connectivity index (χ1v) is 8.38. The van der Waals surface area contributed by atoms with Gasteiger partial charge in [0.2, 0.25) is 0 Å². The van der Waals surface area contributed by atoms with E-state index in [0.717, 1.165) is 38.3 Å². The normalized spacial score (nSPS) is 19.3. The molecule has 0 atom stereocenters. The summed E-state index contributed by atoms with van der Waals surface area (Å²) in [5, 5.41) is 0. The van der Waals surface area contributed by atoms with Crippen molar-refractivity contribution >= 4 is 17.5 Å². The van der Waals surface area contributed by atoms with E-state index in [4.69, 9.17) is 15.2 Å². The van der Waals surface area contributed by atoms with Crippen molar-refractivity contribution in [3.8, 4) is 5.75 Å². The molecule has 1 aromatic rings.